The normalized spacial score (nSPS) is 12.2. The molecule has 2 rings (SSSR count). The van der Waals surface area contributed by atoms with E-state index in [9.17, 15) is 14.7 Å². The van der Waals surface area contributed by atoms with Gasteiger partial charge in [0.25, 0.3) is 11.8 Å². The summed E-state index contributed by atoms with van der Waals surface area (Å²) in [7, 11) is 0. The standard InChI is InChI=1S/C21H29N5O3S/c1-12-7-9-15(10-8-12)18(28)24-20(30)23-17-14(3)16(19(29)22-13(2)11-27)25-26(17)21(4,5)6/h7-10,13,27H,11H2,1-6H3,(H,22,29)(H2,23,24,28,30)/t13-/m0/s1. The van der Waals surface area contributed by atoms with Gasteiger partial charge < -0.3 is 15.7 Å². The van der Waals surface area contributed by atoms with Crippen LogP contribution in [0.25, 0.3) is 0 Å². The third-order valence-corrected chi connectivity index (χ3v) is 4.60. The Morgan fingerprint density at radius 3 is 2.30 bits per heavy atom. The lowest BCUT2D eigenvalue weighted by Gasteiger charge is -2.23. The van der Waals surface area contributed by atoms with Crippen molar-refractivity contribution >= 4 is 35.0 Å². The molecule has 2 aromatic rings. The molecule has 0 aliphatic carbocycles. The number of aromatic nitrogens is 2. The molecule has 1 heterocycles. The summed E-state index contributed by atoms with van der Waals surface area (Å²) in [4.78, 5) is 25.0. The summed E-state index contributed by atoms with van der Waals surface area (Å²) >= 11 is 5.33. The van der Waals surface area contributed by atoms with Crippen LogP contribution in [0.1, 0.15) is 59.7 Å². The van der Waals surface area contributed by atoms with E-state index >= 15 is 0 Å². The van der Waals surface area contributed by atoms with Gasteiger partial charge in [-0.15, -0.1) is 0 Å². The Hall–Kier alpha value is -2.78. The molecule has 0 fully saturated rings. The van der Waals surface area contributed by atoms with E-state index in [-0.39, 0.29) is 23.3 Å². The molecule has 0 radical (unpaired) electrons. The molecule has 0 aliphatic rings. The Morgan fingerprint density at radius 2 is 1.77 bits per heavy atom. The summed E-state index contributed by atoms with van der Waals surface area (Å²) in [5.74, 6) is -0.213. The van der Waals surface area contributed by atoms with E-state index in [0.29, 0.717) is 16.9 Å². The van der Waals surface area contributed by atoms with Gasteiger partial charge in [-0.2, -0.15) is 5.10 Å². The molecular formula is C21H29N5O3S. The van der Waals surface area contributed by atoms with Gasteiger partial charge in [0.05, 0.1) is 12.1 Å². The van der Waals surface area contributed by atoms with Gasteiger partial charge in [0, 0.05) is 17.2 Å². The maximum absolute atomic E-state index is 12.6. The molecule has 4 N–H and O–H groups in total. The number of aliphatic hydroxyl groups is 1. The van der Waals surface area contributed by atoms with Gasteiger partial charge in [-0.05, 0) is 65.9 Å². The third-order valence-electron chi connectivity index (χ3n) is 4.40. The molecule has 0 saturated heterocycles. The minimum absolute atomic E-state index is 0.102. The van der Waals surface area contributed by atoms with E-state index < -0.39 is 17.5 Å². The van der Waals surface area contributed by atoms with Gasteiger partial charge in [0.2, 0.25) is 0 Å². The van der Waals surface area contributed by atoms with E-state index in [1.54, 1.807) is 30.7 Å². The molecule has 0 saturated carbocycles. The van der Waals surface area contributed by atoms with Crippen LogP contribution >= 0.6 is 12.2 Å². The summed E-state index contributed by atoms with van der Waals surface area (Å²) in [5, 5.41) is 22.1. The number of rotatable bonds is 5. The smallest absolute Gasteiger partial charge is 0.272 e. The second-order valence-corrected chi connectivity index (χ2v) is 8.64. The lowest BCUT2D eigenvalue weighted by atomic mass is 10.1. The summed E-state index contributed by atoms with van der Waals surface area (Å²) in [6.07, 6.45) is 0. The van der Waals surface area contributed by atoms with Crippen LogP contribution in [0.3, 0.4) is 0 Å². The molecule has 1 aromatic heterocycles. The fourth-order valence-electron chi connectivity index (χ4n) is 2.70. The number of nitrogens with one attached hydrogen (secondary N) is 3. The average Bonchev–Trinajstić information content (AvgIpc) is 2.98. The summed E-state index contributed by atoms with van der Waals surface area (Å²) in [6.45, 7) is 11.0. The Balaban J connectivity index is 2.26. The van der Waals surface area contributed by atoms with Gasteiger partial charge >= 0.3 is 0 Å². The first-order chi connectivity index (χ1) is 13.9. The second kappa shape index (κ2) is 9.36. The van der Waals surface area contributed by atoms with Gasteiger partial charge in [-0.3, -0.25) is 14.9 Å². The molecule has 8 nitrogen and oxygen atoms in total. The topological polar surface area (TPSA) is 108 Å². The van der Waals surface area contributed by atoms with E-state index in [1.165, 1.54) is 0 Å². The van der Waals surface area contributed by atoms with Gasteiger partial charge in [-0.1, -0.05) is 17.7 Å². The van der Waals surface area contributed by atoms with Crippen LogP contribution in [0.2, 0.25) is 0 Å². The second-order valence-electron chi connectivity index (χ2n) is 8.24. The number of thiocarbonyl (C=S) groups is 1. The maximum Gasteiger partial charge on any atom is 0.272 e. The number of nitrogens with zero attached hydrogens (tertiary/aromatic N) is 2. The van der Waals surface area contributed by atoms with Gasteiger partial charge in [0.1, 0.15) is 5.82 Å². The highest BCUT2D eigenvalue weighted by molar-refractivity contribution is 7.80. The molecule has 162 valence electrons. The van der Waals surface area contributed by atoms with Crippen LogP contribution in [-0.4, -0.2) is 44.5 Å². The highest BCUT2D eigenvalue weighted by Gasteiger charge is 2.27. The van der Waals surface area contributed by atoms with Crippen LogP contribution in [0.4, 0.5) is 5.82 Å². The quantitative estimate of drug-likeness (QED) is 0.542. The molecule has 2 amide bonds. The van der Waals surface area contributed by atoms with E-state index in [0.717, 1.165) is 5.56 Å². The zero-order valence-electron chi connectivity index (χ0n) is 18.2. The Morgan fingerprint density at radius 1 is 1.17 bits per heavy atom. The average molecular weight is 432 g/mol. The van der Waals surface area contributed by atoms with E-state index in [1.807, 2.05) is 39.8 Å². The Kier molecular flexibility index (Phi) is 7.33. The van der Waals surface area contributed by atoms with Crippen LogP contribution in [0, 0.1) is 13.8 Å². The first-order valence-electron chi connectivity index (χ1n) is 9.65. The van der Waals surface area contributed by atoms with Crippen molar-refractivity contribution in [3.8, 4) is 0 Å². The first kappa shape index (κ1) is 23.5. The number of hydrogen-bond acceptors (Lipinski definition) is 5. The monoisotopic (exact) mass is 431 g/mol. The predicted molar refractivity (Wildman–Crippen MR) is 121 cm³/mol. The van der Waals surface area contributed by atoms with Gasteiger partial charge in [-0.25, -0.2) is 4.68 Å². The van der Waals surface area contributed by atoms with Crippen molar-refractivity contribution in [2.45, 2.75) is 53.1 Å². The van der Waals surface area contributed by atoms with Crippen molar-refractivity contribution in [2.24, 2.45) is 0 Å². The zero-order valence-corrected chi connectivity index (χ0v) is 19.0. The lowest BCUT2D eigenvalue weighted by Crippen LogP contribution is -2.36. The maximum atomic E-state index is 12.6. The minimum Gasteiger partial charge on any atom is -0.394 e. The van der Waals surface area contributed by atoms with Crippen LogP contribution < -0.4 is 16.0 Å². The van der Waals surface area contributed by atoms with Crippen LogP contribution in [0.5, 0.6) is 0 Å². The Labute approximate surface area is 182 Å². The lowest BCUT2D eigenvalue weighted by molar-refractivity contribution is 0.0914. The number of carbonyl (C=O) groups is 2. The van der Waals surface area contributed by atoms with Crippen LogP contribution in [-0.2, 0) is 5.54 Å². The molecule has 1 aromatic carbocycles. The van der Waals surface area contributed by atoms with Crippen molar-refractivity contribution in [2.75, 3.05) is 11.9 Å². The summed E-state index contributed by atoms with van der Waals surface area (Å²) in [5.41, 5.74) is 1.90. The molecule has 9 heteroatoms. The molecule has 0 spiro atoms. The fourth-order valence-corrected chi connectivity index (χ4v) is 2.89. The number of anilines is 1. The largest absolute Gasteiger partial charge is 0.394 e. The molecule has 1 atom stereocenters. The third kappa shape index (κ3) is 5.64. The highest BCUT2D eigenvalue weighted by atomic mass is 32.1. The van der Waals surface area contributed by atoms with Crippen molar-refractivity contribution < 1.29 is 14.7 Å². The molecule has 30 heavy (non-hydrogen) atoms. The van der Waals surface area contributed by atoms with Crippen LogP contribution in [0.15, 0.2) is 24.3 Å². The number of hydrogen-bond donors (Lipinski definition) is 4. The summed E-state index contributed by atoms with van der Waals surface area (Å²) < 4.78 is 1.66. The molecule has 0 aliphatic heterocycles. The molecule has 0 unspecified atom stereocenters. The minimum atomic E-state index is -0.454. The fraction of sp³-hybridized carbons (Fsp3) is 0.429. The van der Waals surface area contributed by atoms with Gasteiger partial charge in [0.15, 0.2) is 10.8 Å². The number of benzene rings is 1. The Bertz CT molecular complexity index is 945. The van der Waals surface area contributed by atoms with Crippen molar-refractivity contribution in [1.29, 1.82) is 0 Å². The van der Waals surface area contributed by atoms with E-state index in [2.05, 4.69) is 21.0 Å². The molecule has 0 bridgehead atoms. The van der Waals surface area contributed by atoms with E-state index in [4.69, 9.17) is 12.2 Å². The van der Waals surface area contributed by atoms with Crippen molar-refractivity contribution in [3.05, 3.63) is 46.6 Å². The SMILES string of the molecule is Cc1ccc(C(=O)NC(=S)Nc2c(C)c(C(=O)N[C@@H](C)CO)nn2C(C)(C)C)cc1. The molecular weight excluding hydrogens is 402 g/mol. The van der Waals surface area contributed by atoms with Crippen molar-refractivity contribution in [1.82, 2.24) is 20.4 Å². The predicted octanol–water partition coefficient (Wildman–Crippen LogP) is 2.49. The number of aliphatic hydroxyl groups excluding tert-OH is 1. The number of amides is 2. The van der Waals surface area contributed by atoms with Crippen molar-refractivity contribution in [3.63, 3.8) is 0 Å². The highest BCUT2D eigenvalue weighted by Crippen LogP contribution is 2.26. The number of carbonyl (C=O) groups excluding carboxylic acids is 2. The zero-order chi connectivity index (χ0) is 22.6. The summed E-state index contributed by atoms with van der Waals surface area (Å²) in [6, 6.07) is 6.75. The number of aryl methyl sites for hydroxylation is 1. The first-order valence-corrected chi connectivity index (χ1v) is 10.1.